The Morgan fingerprint density at radius 1 is 0.897 bits per heavy atom. The monoisotopic (exact) mass is 386 g/mol. The summed E-state index contributed by atoms with van der Waals surface area (Å²) in [4.78, 5) is 4.84. The van der Waals surface area contributed by atoms with Crippen molar-refractivity contribution in [1.82, 2.24) is 19.7 Å². The van der Waals surface area contributed by atoms with Crippen LogP contribution in [-0.2, 0) is 12.0 Å². The number of methoxy groups -OCH3 is 2. The molecule has 0 aliphatic carbocycles. The van der Waals surface area contributed by atoms with Crippen LogP contribution < -0.4 is 9.47 Å². The molecule has 29 heavy (non-hydrogen) atoms. The number of ether oxygens (including phenoxy) is 2. The van der Waals surface area contributed by atoms with Gasteiger partial charge in [0, 0.05) is 16.5 Å². The lowest BCUT2D eigenvalue weighted by Crippen LogP contribution is -2.34. The van der Waals surface area contributed by atoms with Gasteiger partial charge in [-0.15, -0.1) is 10.2 Å². The molecule has 0 saturated carbocycles. The van der Waals surface area contributed by atoms with Crippen LogP contribution in [0, 0.1) is 0 Å². The van der Waals surface area contributed by atoms with E-state index in [-0.39, 0.29) is 5.54 Å². The molecule has 1 aliphatic rings. The Hall–Kier alpha value is -3.41. The van der Waals surface area contributed by atoms with Crippen molar-refractivity contribution in [1.29, 1.82) is 0 Å². The number of nitrogens with zero attached hydrogens (tertiary/aromatic N) is 4. The highest BCUT2D eigenvalue weighted by atomic mass is 16.5. The molecule has 0 unspecified atom stereocenters. The number of fused-ring (bicyclic) bond motifs is 4. The Morgan fingerprint density at radius 3 is 2.41 bits per heavy atom. The number of hydrogen-bond acceptors (Lipinski definition) is 5. The van der Waals surface area contributed by atoms with Crippen molar-refractivity contribution in [3.63, 3.8) is 0 Å². The van der Waals surface area contributed by atoms with E-state index in [0.29, 0.717) is 5.75 Å². The second-order valence-electron chi connectivity index (χ2n) is 7.93. The van der Waals surface area contributed by atoms with Crippen LogP contribution in [0.5, 0.6) is 11.5 Å². The molecule has 5 rings (SSSR count). The number of aromatic nitrogens is 4. The highest BCUT2D eigenvalue weighted by Gasteiger charge is 2.36. The second kappa shape index (κ2) is 6.30. The first-order valence-corrected chi connectivity index (χ1v) is 9.59. The van der Waals surface area contributed by atoms with E-state index in [9.17, 15) is 0 Å². The average molecular weight is 386 g/mol. The third-order valence-corrected chi connectivity index (χ3v) is 5.57. The maximum atomic E-state index is 5.51. The van der Waals surface area contributed by atoms with Crippen molar-refractivity contribution in [2.45, 2.75) is 25.8 Å². The van der Waals surface area contributed by atoms with E-state index in [1.165, 1.54) is 5.56 Å². The van der Waals surface area contributed by atoms with Gasteiger partial charge in [-0.1, -0.05) is 24.3 Å². The molecule has 2 aromatic heterocycles. The highest BCUT2D eigenvalue weighted by molar-refractivity contribution is 5.81. The third-order valence-electron chi connectivity index (χ3n) is 5.57. The fourth-order valence-electron chi connectivity index (χ4n) is 4.21. The summed E-state index contributed by atoms with van der Waals surface area (Å²) in [7, 11) is 3.30. The van der Waals surface area contributed by atoms with E-state index in [1.54, 1.807) is 14.2 Å². The van der Waals surface area contributed by atoms with Crippen LogP contribution in [0.2, 0.25) is 0 Å². The Labute approximate surface area is 169 Å². The summed E-state index contributed by atoms with van der Waals surface area (Å²) >= 11 is 0. The molecule has 4 aromatic rings. The van der Waals surface area contributed by atoms with Gasteiger partial charge in [-0.3, -0.25) is 4.57 Å². The summed E-state index contributed by atoms with van der Waals surface area (Å²) < 4.78 is 13.2. The van der Waals surface area contributed by atoms with E-state index < -0.39 is 0 Å². The van der Waals surface area contributed by atoms with Gasteiger partial charge < -0.3 is 9.47 Å². The van der Waals surface area contributed by atoms with Crippen LogP contribution in [0.15, 0.2) is 48.5 Å². The minimum Gasteiger partial charge on any atom is -0.493 e. The Bertz CT molecular complexity index is 1240. The van der Waals surface area contributed by atoms with Crippen molar-refractivity contribution in [2.24, 2.45) is 0 Å². The smallest absolute Gasteiger partial charge is 0.183 e. The zero-order valence-electron chi connectivity index (χ0n) is 16.9. The molecule has 3 heterocycles. The molecule has 6 nitrogen and oxygen atoms in total. The summed E-state index contributed by atoms with van der Waals surface area (Å²) in [5.74, 6) is 3.01. The number of benzene rings is 2. The van der Waals surface area contributed by atoms with Crippen molar-refractivity contribution < 1.29 is 9.47 Å². The number of pyridine rings is 1. The lowest BCUT2D eigenvalue weighted by molar-refractivity contribution is 0.340. The summed E-state index contributed by atoms with van der Waals surface area (Å²) in [6.07, 6.45) is 0.828. The predicted octanol–water partition coefficient (Wildman–Crippen LogP) is 4.47. The van der Waals surface area contributed by atoms with Gasteiger partial charge >= 0.3 is 0 Å². The molecular formula is C23H22N4O2. The SMILES string of the molecule is COc1cc2c(cc1OC)-c1nnc(-c3ccc4ccccc4n3)n1C(C)(C)C2. The normalized spacial score (nSPS) is 14.3. The van der Waals surface area contributed by atoms with Gasteiger partial charge in [-0.2, -0.15) is 0 Å². The summed E-state index contributed by atoms with van der Waals surface area (Å²) in [5.41, 5.74) is 3.74. The van der Waals surface area contributed by atoms with Crippen molar-refractivity contribution in [3.05, 3.63) is 54.1 Å². The van der Waals surface area contributed by atoms with Crippen molar-refractivity contribution in [2.75, 3.05) is 14.2 Å². The van der Waals surface area contributed by atoms with E-state index in [4.69, 9.17) is 14.5 Å². The number of para-hydroxylation sites is 1. The highest BCUT2D eigenvalue weighted by Crippen LogP contribution is 2.44. The summed E-state index contributed by atoms with van der Waals surface area (Å²) in [6.45, 7) is 4.40. The zero-order valence-corrected chi connectivity index (χ0v) is 16.9. The van der Waals surface area contributed by atoms with Crippen LogP contribution in [-0.4, -0.2) is 34.0 Å². The van der Waals surface area contributed by atoms with Gasteiger partial charge in [0.05, 0.1) is 19.7 Å². The fourth-order valence-corrected chi connectivity index (χ4v) is 4.21. The van der Waals surface area contributed by atoms with Gasteiger partial charge in [-0.05, 0) is 50.1 Å². The molecule has 0 amide bonds. The van der Waals surface area contributed by atoms with E-state index in [2.05, 4.69) is 40.7 Å². The summed E-state index contributed by atoms with van der Waals surface area (Å²) in [6, 6.07) is 16.2. The maximum Gasteiger partial charge on any atom is 0.183 e. The molecule has 0 fully saturated rings. The maximum absolute atomic E-state index is 5.51. The predicted molar refractivity (Wildman–Crippen MR) is 112 cm³/mol. The lowest BCUT2D eigenvalue weighted by Gasteiger charge is -2.35. The van der Waals surface area contributed by atoms with Crippen LogP contribution >= 0.6 is 0 Å². The third kappa shape index (κ3) is 2.67. The Kier molecular flexibility index (Phi) is 3.84. The lowest BCUT2D eigenvalue weighted by atomic mass is 9.86. The standard InChI is InChI=1S/C23H22N4O2/c1-23(2)13-15-11-19(28-3)20(29-4)12-16(15)21-25-26-22(27(21)23)18-10-9-14-7-5-6-8-17(14)24-18/h5-12H,13H2,1-4H3. The first-order valence-electron chi connectivity index (χ1n) is 9.59. The first-order chi connectivity index (χ1) is 14.0. The van der Waals surface area contributed by atoms with E-state index >= 15 is 0 Å². The van der Waals surface area contributed by atoms with Gasteiger partial charge in [-0.25, -0.2) is 4.98 Å². The van der Waals surface area contributed by atoms with E-state index in [1.807, 2.05) is 36.4 Å². The Balaban J connectivity index is 1.73. The molecule has 1 aliphatic heterocycles. The van der Waals surface area contributed by atoms with Crippen LogP contribution in [0.1, 0.15) is 19.4 Å². The molecule has 146 valence electrons. The molecule has 6 heteroatoms. The molecule has 0 atom stereocenters. The Morgan fingerprint density at radius 2 is 1.62 bits per heavy atom. The van der Waals surface area contributed by atoms with Crippen LogP contribution in [0.3, 0.4) is 0 Å². The second-order valence-corrected chi connectivity index (χ2v) is 7.93. The first kappa shape index (κ1) is 17.7. The zero-order chi connectivity index (χ0) is 20.2. The van der Waals surface area contributed by atoms with Crippen LogP contribution in [0.4, 0.5) is 0 Å². The molecule has 0 spiro atoms. The average Bonchev–Trinajstić information content (AvgIpc) is 3.19. The topological polar surface area (TPSA) is 62.1 Å². The van der Waals surface area contributed by atoms with Crippen molar-refractivity contribution >= 4 is 10.9 Å². The number of hydrogen-bond donors (Lipinski definition) is 0. The van der Waals surface area contributed by atoms with Gasteiger partial charge in [0.1, 0.15) is 5.69 Å². The van der Waals surface area contributed by atoms with Crippen LogP contribution in [0.25, 0.3) is 33.8 Å². The van der Waals surface area contributed by atoms with Gasteiger partial charge in [0.2, 0.25) is 0 Å². The molecule has 2 aromatic carbocycles. The molecular weight excluding hydrogens is 364 g/mol. The fraction of sp³-hybridized carbons (Fsp3) is 0.261. The molecule has 0 radical (unpaired) electrons. The van der Waals surface area contributed by atoms with Gasteiger partial charge in [0.15, 0.2) is 23.1 Å². The number of rotatable bonds is 3. The molecule has 0 N–H and O–H groups in total. The molecule has 0 saturated heterocycles. The quantitative estimate of drug-likeness (QED) is 0.520. The summed E-state index contributed by atoms with van der Waals surface area (Å²) in [5, 5.41) is 10.2. The van der Waals surface area contributed by atoms with Crippen molar-refractivity contribution in [3.8, 4) is 34.4 Å². The van der Waals surface area contributed by atoms with E-state index in [0.717, 1.165) is 46.0 Å². The minimum atomic E-state index is -0.214. The minimum absolute atomic E-state index is 0.214. The van der Waals surface area contributed by atoms with Gasteiger partial charge in [0.25, 0.3) is 0 Å². The molecule has 0 bridgehead atoms. The largest absolute Gasteiger partial charge is 0.493 e.